The molecule has 0 spiro atoms. The molecule has 2 fully saturated rings. The van der Waals surface area contributed by atoms with E-state index in [2.05, 4.69) is 22.1 Å². The van der Waals surface area contributed by atoms with E-state index < -0.39 is 12.1 Å². The molecule has 3 aromatic rings. The SMILES string of the molecule is CC1CNCCN1Cc1cc2c(=O)n(C)cc(-c3ccncc3OCC3CC3)c2o1.O=C(O)C(F)(F)F. The van der Waals surface area contributed by atoms with Gasteiger partial charge in [0.25, 0.3) is 5.56 Å². The molecule has 1 unspecified atom stereocenters. The van der Waals surface area contributed by atoms with Gasteiger partial charge in [-0.15, -0.1) is 0 Å². The van der Waals surface area contributed by atoms with Crippen molar-refractivity contribution in [3.05, 3.63) is 46.8 Å². The van der Waals surface area contributed by atoms with Crippen LogP contribution in [0.3, 0.4) is 0 Å². The Balaban J connectivity index is 0.000000405. The fourth-order valence-corrected chi connectivity index (χ4v) is 4.10. The van der Waals surface area contributed by atoms with Crippen molar-refractivity contribution in [1.29, 1.82) is 0 Å². The van der Waals surface area contributed by atoms with Gasteiger partial charge in [0, 0.05) is 56.2 Å². The molecule has 3 aromatic heterocycles. The zero-order valence-electron chi connectivity index (χ0n) is 20.5. The van der Waals surface area contributed by atoms with Crippen LogP contribution in [0.2, 0.25) is 0 Å². The van der Waals surface area contributed by atoms with Crippen LogP contribution in [0.15, 0.2) is 39.9 Å². The standard InChI is InChI=1S/C23H28N4O3.C2HF3O2/c1-15-10-25-7-8-27(15)12-17-9-19-22(30-17)20(13-26(2)23(19)28)18-5-6-24-11-21(18)29-14-16-3-4-16;3-2(4,5)1(6)7/h5-6,9,11,13,15-16,25H,3-4,7-8,10,12,14H2,1-2H3;(H,6,7). The Kier molecular flexibility index (Phi) is 7.88. The summed E-state index contributed by atoms with van der Waals surface area (Å²) < 4.78 is 45.7. The van der Waals surface area contributed by atoms with Crippen LogP contribution >= 0.6 is 0 Å². The molecule has 0 aromatic carbocycles. The molecule has 4 heterocycles. The molecule has 1 saturated heterocycles. The fraction of sp³-hybridized carbons (Fsp3) is 0.480. The van der Waals surface area contributed by atoms with Crippen LogP contribution in [0.5, 0.6) is 5.75 Å². The minimum atomic E-state index is -5.08. The Hall–Kier alpha value is -3.38. The second kappa shape index (κ2) is 10.9. The van der Waals surface area contributed by atoms with Crippen LogP contribution < -0.4 is 15.6 Å². The lowest BCUT2D eigenvalue weighted by Gasteiger charge is -2.33. The van der Waals surface area contributed by atoms with Crippen molar-refractivity contribution in [2.45, 2.75) is 38.5 Å². The molecule has 1 aliphatic carbocycles. The van der Waals surface area contributed by atoms with Crippen molar-refractivity contribution in [2.75, 3.05) is 26.2 Å². The summed E-state index contributed by atoms with van der Waals surface area (Å²) in [5, 5.41) is 11.1. The van der Waals surface area contributed by atoms with Gasteiger partial charge in [0.2, 0.25) is 0 Å². The van der Waals surface area contributed by atoms with Gasteiger partial charge in [0.1, 0.15) is 17.1 Å². The largest absolute Gasteiger partial charge is 0.491 e. The zero-order chi connectivity index (χ0) is 26.7. The highest BCUT2D eigenvalue weighted by Gasteiger charge is 2.38. The number of nitrogens with zero attached hydrogens (tertiary/aromatic N) is 3. The molecule has 2 N–H and O–H groups in total. The highest BCUT2D eigenvalue weighted by atomic mass is 19.4. The first kappa shape index (κ1) is 26.7. The Bertz CT molecular complexity index is 1320. The predicted molar refractivity (Wildman–Crippen MR) is 129 cm³/mol. The lowest BCUT2D eigenvalue weighted by Crippen LogP contribution is -2.49. The second-order valence-electron chi connectivity index (χ2n) is 9.37. The maximum atomic E-state index is 12.8. The van der Waals surface area contributed by atoms with E-state index in [0.717, 1.165) is 42.3 Å². The van der Waals surface area contributed by atoms with Gasteiger partial charge in [-0.05, 0) is 37.8 Å². The number of aliphatic carboxylic acids is 1. The van der Waals surface area contributed by atoms with Gasteiger partial charge in [-0.2, -0.15) is 13.2 Å². The number of ether oxygens (including phenoxy) is 1. The van der Waals surface area contributed by atoms with Crippen molar-refractivity contribution in [1.82, 2.24) is 19.8 Å². The molecule has 37 heavy (non-hydrogen) atoms. The Morgan fingerprint density at radius 1 is 1.32 bits per heavy atom. The third kappa shape index (κ3) is 6.50. The number of nitrogens with one attached hydrogen (secondary N) is 1. The molecule has 0 bridgehead atoms. The number of rotatable bonds is 6. The fourth-order valence-electron chi connectivity index (χ4n) is 4.10. The lowest BCUT2D eigenvalue weighted by atomic mass is 10.1. The molecular weight excluding hydrogens is 493 g/mol. The van der Waals surface area contributed by atoms with Crippen molar-refractivity contribution in [3.8, 4) is 16.9 Å². The van der Waals surface area contributed by atoms with Gasteiger partial charge in [-0.25, -0.2) is 4.79 Å². The molecule has 0 radical (unpaired) electrons. The summed E-state index contributed by atoms with van der Waals surface area (Å²) in [6.07, 6.45) is 2.71. The number of carboxylic acid groups (broad SMARTS) is 1. The quantitative estimate of drug-likeness (QED) is 0.507. The van der Waals surface area contributed by atoms with E-state index in [1.807, 2.05) is 18.3 Å². The van der Waals surface area contributed by atoms with E-state index in [0.29, 0.717) is 36.1 Å². The number of carboxylic acids is 1. The van der Waals surface area contributed by atoms with E-state index in [9.17, 15) is 18.0 Å². The molecule has 5 rings (SSSR count). The number of fused-ring (bicyclic) bond motifs is 1. The number of carbonyl (C=O) groups is 1. The average molecular weight is 523 g/mol. The number of aromatic nitrogens is 2. The summed E-state index contributed by atoms with van der Waals surface area (Å²) in [7, 11) is 1.78. The minimum absolute atomic E-state index is 0.0494. The number of furan rings is 1. The van der Waals surface area contributed by atoms with Crippen LogP contribution in [0, 0.1) is 5.92 Å². The van der Waals surface area contributed by atoms with Gasteiger partial charge >= 0.3 is 12.1 Å². The molecule has 200 valence electrons. The maximum absolute atomic E-state index is 12.8. The Morgan fingerprint density at radius 2 is 2.05 bits per heavy atom. The summed E-state index contributed by atoms with van der Waals surface area (Å²) in [6.45, 7) is 6.51. The van der Waals surface area contributed by atoms with Crippen molar-refractivity contribution < 1.29 is 32.2 Å². The number of aryl methyl sites for hydroxylation is 1. The van der Waals surface area contributed by atoms with Crippen LogP contribution in [0.4, 0.5) is 13.2 Å². The first-order valence-corrected chi connectivity index (χ1v) is 12.0. The number of piperazine rings is 1. The average Bonchev–Trinajstić information content (AvgIpc) is 3.59. The van der Waals surface area contributed by atoms with Crippen LogP contribution in [0.25, 0.3) is 22.1 Å². The van der Waals surface area contributed by atoms with E-state index in [4.69, 9.17) is 19.1 Å². The summed E-state index contributed by atoms with van der Waals surface area (Å²) in [4.78, 5) is 28.3. The Labute approximate surface area is 210 Å². The smallest absolute Gasteiger partial charge is 0.490 e. The summed E-state index contributed by atoms with van der Waals surface area (Å²) in [5.74, 6) is -0.558. The van der Waals surface area contributed by atoms with Gasteiger partial charge in [-0.3, -0.25) is 14.7 Å². The van der Waals surface area contributed by atoms with E-state index in [1.54, 1.807) is 24.0 Å². The van der Waals surface area contributed by atoms with Crippen LogP contribution in [-0.2, 0) is 18.4 Å². The summed E-state index contributed by atoms with van der Waals surface area (Å²) in [6, 6.07) is 4.26. The first-order valence-electron chi connectivity index (χ1n) is 12.0. The molecular formula is C25H29F3N4O5. The molecule has 9 nitrogen and oxygen atoms in total. The summed E-state index contributed by atoms with van der Waals surface area (Å²) >= 11 is 0. The van der Waals surface area contributed by atoms with Gasteiger partial charge in [0.05, 0.1) is 24.7 Å². The monoisotopic (exact) mass is 522 g/mol. The van der Waals surface area contributed by atoms with E-state index >= 15 is 0 Å². The number of halogens is 3. The normalized spacial score (nSPS) is 18.4. The highest BCUT2D eigenvalue weighted by molar-refractivity contribution is 5.93. The molecule has 2 aliphatic rings. The van der Waals surface area contributed by atoms with E-state index in [1.165, 1.54) is 12.8 Å². The van der Waals surface area contributed by atoms with Crippen molar-refractivity contribution in [2.24, 2.45) is 13.0 Å². The Morgan fingerprint density at radius 3 is 2.70 bits per heavy atom. The minimum Gasteiger partial charge on any atom is -0.491 e. The molecule has 1 aliphatic heterocycles. The van der Waals surface area contributed by atoms with Gasteiger partial charge in [0.15, 0.2) is 0 Å². The van der Waals surface area contributed by atoms with E-state index in [-0.39, 0.29) is 5.56 Å². The molecule has 12 heteroatoms. The zero-order valence-corrected chi connectivity index (χ0v) is 20.5. The van der Waals surface area contributed by atoms with Crippen LogP contribution in [0.1, 0.15) is 25.5 Å². The third-order valence-corrected chi connectivity index (χ3v) is 6.39. The van der Waals surface area contributed by atoms with Crippen molar-refractivity contribution in [3.63, 3.8) is 0 Å². The molecule has 1 atom stereocenters. The maximum Gasteiger partial charge on any atom is 0.490 e. The van der Waals surface area contributed by atoms with Gasteiger partial charge < -0.3 is 24.1 Å². The first-order chi connectivity index (χ1) is 17.5. The number of alkyl halides is 3. The second-order valence-corrected chi connectivity index (χ2v) is 9.37. The third-order valence-electron chi connectivity index (χ3n) is 6.39. The topological polar surface area (TPSA) is 110 Å². The molecule has 0 amide bonds. The van der Waals surface area contributed by atoms with Crippen LogP contribution in [-0.4, -0.2) is 64.0 Å². The highest BCUT2D eigenvalue weighted by Crippen LogP contribution is 2.36. The molecule has 1 saturated carbocycles. The summed E-state index contributed by atoms with van der Waals surface area (Å²) in [5.41, 5.74) is 2.34. The number of pyridine rings is 2. The lowest BCUT2D eigenvalue weighted by molar-refractivity contribution is -0.192. The number of hydrogen-bond donors (Lipinski definition) is 2. The van der Waals surface area contributed by atoms with Gasteiger partial charge in [-0.1, -0.05) is 0 Å². The predicted octanol–water partition coefficient (Wildman–Crippen LogP) is 3.41. The number of hydrogen-bond acceptors (Lipinski definition) is 7. The van der Waals surface area contributed by atoms with Crippen molar-refractivity contribution >= 4 is 16.9 Å².